The number of ether oxygens (including phenoxy) is 4. The van der Waals surface area contributed by atoms with Crippen molar-refractivity contribution in [3.05, 3.63) is 0 Å². The Balaban J connectivity index is 0.00000249. The molecule has 32 heavy (non-hydrogen) atoms. The molecule has 0 bridgehead atoms. The van der Waals surface area contributed by atoms with Gasteiger partial charge in [0, 0.05) is 39.8 Å². The molecule has 0 aromatic rings. The van der Waals surface area contributed by atoms with Crippen molar-refractivity contribution >= 4 is 0 Å². The van der Waals surface area contributed by atoms with E-state index in [0.717, 1.165) is 33.4 Å². The lowest BCUT2D eigenvalue weighted by Crippen LogP contribution is -2.47. The fourth-order valence-corrected chi connectivity index (χ4v) is 3.90. The number of aliphatic hydroxyl groups excluding tert-OH is 1. The first-order valence-electron chi connectivity index (χ1n) is 12.2. The highest BCUT2D eigenvalue weighted by Gasteiger charge is 2.16. The Hall–Kier alpha value is -0.760. The number of hydrogen-bond donors (Lipinski definition) is 1. The maximum Gasteiger partial charge on any atom is 0.107 e. The van der Waals surface area contributed by atoms with E-state index in [0.29, 0.717) is 46.2 Å². The van der Waals surface area contributed by atoms with Gasteiger partial charge in [-0.05, 0) is 51.9 Å². The van der Waals surface area contributed by atoms with E-state index in [1.807, 2.05) is 0 Å². The first-order chi connectivity index (χ1) is 15.9. The second-order valence-corrected chi connectivity index (χ2v) is 8.03. The first kappa shape index (κ1) is 29.3. The van der Waals surface area contributed by atoms with Crippen LogP contribution in [0.25, 0.3) is 0 Å². The maximum atomic E-state index is 7.00. The Kier molecular flexibility index (Phi) is 20.2. The van der Waals surface area contributed by atoms with E-state index in [-0.39, 0.29) is 0 Å². The van der Waals surface area contributed by atoms with Crippen molar-refractivity contribution < 1.29 is 24.1 Å². The molecule has 0 amide bonds. The third-order valence-corrected chi connectivity index (χ3v) is 5.72. The molecule has 2 rings (SSSR count). The molecule has 0 saturated carbocycles. The minimum Gasteiger partial charge on any atom is -0.400 e. The summed E-state index contributed by atoms with van der Waals surface area (Å²) in [6.07, 6.45) is 10.6. The summed E-state index contributed by atoms with van der Waals surface area (Å²) in [5.41, 5.74) is 0. The molecule has 0 unspecified atom stereocenters. The lowest BCUT2D eigenvalue weighted by atomic mass is 10.2. The van der Waals surface area contributed by atoms with Crippen LogP contribution in [0.4, 0.5) is 0 Å². The van der Waals surface area contributed by atoms with Crippen molar-refractivity contribution in [2.24, 2.45) is 0 Å². The highest BCUT2D eigenvalue weighted by molar-refractivity contribution is 4.82. The zero-order chi connectivity index (χ0) is 23.1. The molecular formula is C24H47N3O5. The van der Waals surface area contributed by atoms with Crippen molar-refractivity contribution in [2.75, 3.05) is 119 Å². The summed E-state index contributed by atoms with van der Waals surface area (Å²) < 4.78 is 21.7. The van der Waals surface area contributed by atoms with Crippen LogP contribution in [0.5, 0.6) is 0 Å². The van der Waals surface area contributed by atoms with Gasteiger partial charge in [0.2, 0.25) is 0 Å². The zero-order valence-corrected chi connectivity index (χ0v) is 20.3. The van der Waals surface area contributed by atoms with Gasteiger partial charge in [0.05, 0.1) is 46.2 Å². The molecule has 0 aliphatic carbocycles. The number of piperazine rings is 1. The number of unbranched alkanes of at least 4 members (excludes halogenated alkanes) is 1. The molecule has 2 aliphatic heterocycles. The third kappa shape index (κ3) is 15.9. The Morgan fingerprint density at radius 1 is 0.594 bits per heavy atom. The summed E-state index contributed by atoms with van der Waals surface area (Å²) in [4.78, 5) is 7.76. The second kappa shape index (κ2) is 22.1. The van der Waals surface area contributed by atoms with Crippen LogP contribution in [-0.2, 0) is 18.9 Å². The summed E-state index contributed by atoms with van der Waals surface area (Å²) in [6.45, 7) is 15.5. The van der Waals surface area contributed by atoms with Gasteiger partial charge in [-0.3, -0.25) is 4.90 Å². The number of rotatable bonds is 18. The summed E-state index contributed by atoms with van der Waals surface area (Å²) in [5.74, 6) is 2.42. The second-order valence-electron chi connectivity index (χ2n) is 8.03. The van der Waals surface area contributed by atoms with Crippen LogP contribution in [-0.4, -0.2) is 139 Å². The van der Waals surface area contributed by atoms with Crippen LogP contribution >= 0.6 is 0 Å². The Morgan fingerprint density at radius 3 is 1.50 bits per heavy atom. The molecule has 188 valence electrons. The third-order valence-electron chi connectivity index (χ3n) is 5.72. The Bertz CT molecular complexity index is 436. The quantitative estimate of drug-likeness (QED) is 0.239. The van der Waals surface area contributed by atoms with E-state index in [1.54, 1.807) is 0 Å². The largest absolute Gasteiger partial charge is 0.400 e. The number of terminal acetylenes is 1. The fraction of sp³-hybridized carbons (Fsp3) is 0.917. The number of aliphatic hydroxyl groups is 1. The molecule has 8 nitrogen and oxygen atoms in total. The maximum absolute atomic E-state index is 7.00. The highest BCUT2D eigenvalue weighted by Crippen LogP contribution is 2.09. The first-order valence-corrected chi connectivity index (χ1v) is 12.2. The zero-order valence-electron chi connectivity index (χ0n) is 20.3. The van der Waals surface area contributed by atoms with E-state index in [4.69, 9.17) is 30.5 Å². The molecule has 2 heterocycles. The average Bonchev–Trinajstić information content (AvgIpc) is 3.36. The van der Waals surface area contributed by atoms with Crippen molar-refractivity contribution in [1.82, 2.24) is 14.7 Å². The van der Waals surface area contributed by atoms with Crippen LogP contribution in [0.15, 0.2) is 0 Å². The summed E-state index contributed by atoms with van der Waals surface area (Å²) in [7, 11) is 1.00. The average molecular weight is 458 g/mol. The van der Waals surface area contributed by atoms with Gasteiger partial charge in [-0.25, -0.2) is 0 Å². The fourth-order valence-electron chi connectivity index (χ4n) is 3.90. The van der Waals surface area contributed by atoms with E-state index >= 15 is 0 Å². The topological polar surface area (TPSA) is 66.9 Å². The Morgan fingerprint density at radius 2 is 1.00 bits per heavy atom. The van der Waals surface area contributed by atoms with Gasteiger partial charge in [0.1, 0.15) is 6.61 Å². The van der Waals surface area contributed by atoms with Crippen LogP contribution in [0.3, 0.4) is 0 Å². The van der Waals surface area contributed by atoms with E-state index in [1.165, 1.54) is 65.0 Å². The number of hydrogen-bond acceptors (Lipinski definition) is 8. The summed E-state index contributed by atoms with van der Waals surface area (Å²) in [5, 5.41) is 7.00. The summed E-state index contributed by atoms with van der Waals surface area (Å²) in [6, 6.07) is 0. The lowest BCUT2D eigenvalue weighted by molar-refractivity contribution is -0.00259. The van der Waals surface area contributed by atoms with Gasteiger partial charge in [-0.2, -0.15) is 0 Å². The van der Waals surface area contributed by atoms with Crippen LogP contribution < -0.4 is 0 Å². The van der Waals surface area contributed by atoms with E-state index < -0.39 is 0 Å². The molecule has 0 aromatic carbocycles. The molecule has 2 saturated heterocycles. The number of nitrogens with zero attached hydrogens (tertiary/aromatic N) is 3. The van der Waals surface area contributed by atoms with Crippen LogP contribution in [0.2, 0.25) is 0 Å². The van der Waals surface area contributed by atoms with Gasteiger partial charge >= 0.3 is 0 Å². The smallest absolute Gasteiger partial charge is 0.107 e. The van der Waals surface area contributed by atoms with Gasteiger partial charge in [0.15, 0.2) is 0 Å². The predicted octanol–water partition coefficient (Wildman–Crippen LogP) is 0.788. The molecule has 0 spiro atoms. The Labute approximate surface area is 196 Å². The van der Waals surface area contributed by atoms with E-state index in [2.05, 4.69) is 20.6 Å². The molecule has 2 fully saturated rings. The van der Waals surface area contributed by atoms with Gasteiger partial charge < -0.3 is 33.9 Å². The SMILES string of the molecule is C#CCOCCOCCOCCOCCN1CCN(CCCCN2CCCC2)CC1.CO. The summed E-state index contributed by atoms with van der Waals surface area (Å²) >= 11 is 0. The van der Waals surface area contributed by atoms with Crippen LogP contribution in [0, 0.1) is 12.3 Å². The highest BCUT2D eigenvalue weighted by atomic mass is 16.6. The minimum atomic E-state index is 0.339. The standard InChI is InChI=1S/C23H43N3O4.CH4O/c1-2-16-27-18-20-29-22-23-30-21-19-28-17-15-26-13-11-25(12-14-26)10-6-5-9-24-7-3-4-8-24;1-2/h1H,3-23H2;2H,1H3. The number of likely N-dealkylation sites (tertiary alicyclic amines) is 1. The van der Waals surface area contributed by atoms with Crippen molar-refractivity contribution in [1.29, 1.82) is 0 Å². The lowest BCUT2D eigenvalue weighted by Gasteiger charge is -2.34. The van der Waals surface area contributed by atoms with Crippen molar-refractivity contribution in [3.63, 3.8) is 0 Å². The molecule has 1 N–H and O–H groups in total. The normalized spacial score (nSPS) is 17.8. The van der Waals surface area contributed by atoms with Gasteiger partial charge in [0.25, 0.3) is 0 Å². The van der Waals surface area contributed by atoms with Crippen LogP contribution in [0.1, 0.15) is 25.7 Å². The van der Waals surface area contributed by atoms with E-state index in [9.17, 15) is 0 Å². The predicted molar refractivity (Wildman–Crippen MR) is 128 cm³/mol. The molecule has 0 radical (unpaired) electrons. The van der Waals surface area contributed by atoms with Crippen molar-refractivity contribution in [2.45, 2.75) is 25.7 Å². The van der Waals surface area contributed by atoms with Crippen molar-refractivity contribution in [3.8, 4) is 12.3 Å². The molecule has 0 aromatic heterocycles. The molecular weight excluding hydrogens is 410 g/mol. The molecule has 0 atom stereocenters. The van der Waals surface area contributed by atoms with Gasteiger partial charge in [-0.15, -0.1) is 6.42 Å². The van der Waals surface area contributed by atoms with Gasteiger partial charge in [-0.1, -0.05) is 5.92 Å². The monoisotopic (exact) mass is 457 g/mol. The molecule has 2 aliphatic rings. The minimum absolute atomic E-state index is 0.339. The molecule has 8 heteroatoms.